The molecule has 2 aromatic carbocycles. The molecule has 0 saturated carbocycles. The molecule has 0 aliphatic heterocycles. The zero-order valence-electron chi connectivity index (χ0n) is 9.84. The van der Waals surface area contributed by atoms with Crippen molar-refractivity contribution in [2.75, 3.05) is 0 Å². The summed E-state index contributed by atoms with van der Waals surface area (Å²) in [6, 6.07) is 5.00. The number of hydrogen-bond donors (Lipinski definition) is 0. The van der Waals surface area contributed by atoms with E-state index in [1.165, 1.54) is 0 Å². The minimum absolute atomic E-state index is 0.0104. The topological polar surface area (TPSA) is 17.1 Å². The summed E-state index contributed by atoms with van der Waals surface area (Å²) >= 11 is 0. The van der Waals surface area contributed by atoms with Crippen LogP contribution < -0.4 is 0 Å². The fourth-order valence-electron chi connectivity index (χ4n) is 1.71. The Morgan fingerprint density at radius 2 is 1.55 bits per heavy atom. The predicted octanol–water partition coefficient (Wildman–Crippen LogP) is 4.62. The molecule has 0 aliphatic rings. The zero-order chi connectivity index (χ0) is 14.9. The molecule has 1 nitrogen and oxygen atoms in total. The van der Waals surface area contributed by atoms with Crippen molar-refractivity contribution in [2.24, 2.45) is 0 Å². The van der Waals surface area contributed by atoms with Gasteiger partial charge in [-0.25, -0.2) is 4.39 Å². The van der Waals surface area contributed by atoms with E-state index in [0.717, 1.165) is 36.4 Å². The van der Waals surface area contributed by atoms with Gasteiger partial charge in [-0.3, -0.25) is 4.79 Å². The molecule has 0 atom stereocenters. The first kappa shape index (κ1) is 14.2. The summed E-state index contributed by atoms with van der Waals surface area (Å²) in [5.74, 6) is -0.881. The summed E-state index contributed by atoms with van der Waals surface area (Å²) in [6.45, 7) is 0. The lowest BCUT2D eigenvalue weighted by atomic mass is 10.0. The van der Waals surface area contributed by atoms with Crippen molar-refractivity contribution in [3.8, 4) is 11.1 Å². The first-order valence-corrected chi connectivity index (χ1v) is 5.46. The normalized spacial score (nSPS) is 11.4. The molecule has 0 heterocycles. The molecular weight excluding hydrogens is 279 g/mol. The van der Waals surface area contributed by atoms with Crippen LogP contribution >= 0.6 is 0 Å². The molecule has 2 rings (SSSR count). The van der Waals surface area contributed by atoms with Crippen LogP contribution in [0.1, 0.15) is 15.9 Å². The van der Waals surface area contributed by atoms with E-state index in [0.29, 0.717) is 6.07 Å². The fraction of sp³-hybridized carbons (Fsp3) is 0.0714. The van der Waals surface area contributed by atoms with E-state index in [9.17, 15) is 26.7 Å². The van der Waals surface area contributed by atoms with Gasteiger partial charge in [0.2, 0.25) is 0 Å². The Bertz CT molecular complexity index is 644. The second-order valence-corrected chi connectivity index (χ2v) is 4.04. The van der Waals surface area contributed by atoms with Gasteiger partial charge in [0.15, 0.2) is 0 Å². The second-order valence-electron chi connectivity index (χ2n) is 4.04. The van der Waals surface area contributed by atoms with Crippen LogP contribution in [0.25, 0.3) is 11.1 Å². The molecule has 20 heavy (non-hydrogen) atoms. The van der Waals surface area contributed by atoms with E-state index in [2.05, 4.69) is 0 Å². The first-order chi connectivity index (χ1) is 9.29. The van der Waals surface area contributed by atoms with Crippen molar-refractivity contribution < 1.29 is 26.7 Å². The van der Waals surface area contributed by atoms with E-state index < -0.39 is 29.2 Å². The van der Waals surface area contributed by atoms with Crippen molar-refractivity contribution in [3.63, 3.8) is 0 Å². The number of halogens is 5. The third kappa shape index (κ3) is 2.84. The number of benzene rings is 2. The lowest BCUT2D eigenvalue weighted by Gasteiger charge is -2.08. The molecule has 0 N–H and O–H groups in total. The molecule has 0 saturated heterocycles. The van der Waals surface area contributed by atoms with Gasteiger partial charge in [0.1, 0.15) is 5.82 Å². The minimum atomic E-state index is -4.47. The molecular formula is C14H7F5O. The maximum absolute atomic E-state index is 13.7. The highest BCUT2D eigenvalue weighted by Crippen LogP contribution is 2.31. The lowest BCUT2D eigenvalue weighted by Crippen LogP contribution is -2.04. The Balaban J connectivity index is 2.40. The van der Waals surface area contributed by atoms with Crippen LogP contribution in [0.15, 0.2) is 42.5 Å². The summed E-state index contributed by atoms with van der Waals surface area (Å²) < 4.78 is 63.3. The second kappa shape index (κ2) is 5.03. The number of rotatable bonds is 2. The van der Waals surface area contributed by atoms with Gasteiger partial charge >= 0.3 is 12.2 Å². The molecule has 0 radical (unpaired) electrons. The van der Waals surface area contributed by atoms with E-state index in [-0.39, 0.29) is 11.1 Å². The Kier molecular flexibility index (Phi) is 3.57. The Morgan fingerprint density at radius 1 is 0.950 bits per heavy atom. The highest BCUT2D eigenvalue weighted by molar-refractivity contribution is 5.89. The molecule has 6 heteroatoms. The molecule has 0 fully saturated rings. The van der Waals surface area contributed by atoms with Gasteiger partial charge in [0, 0.05) is 5.56 Å². The number of carbonyl (C=O) groups excluding carboxylic acids is 1. The van der Waals surface area contributed by atoms with E-state index >= 15 is 0 Å². The smallest absolute Gasteiger partial charge is 0.255 e. The first-order valence-electron chi connectivity index (χ1n) is 5.46. The van der Waals surface area contributed by atoms with Crippen molar-refractivity contribution in [3.05, 3.63) is 59.4 Å². The molecule has 2 aromatic rings. The number of hydrogen-bond acceptors (Lipinski definition) is 1. The van der Waals surface area contributed by atoms with Gasteiger partial charge in [-0.15, -0.1) is 0 Å². The van der Waals surface area contributed by atoms with E-state index in [1.807, 2.05) is 0 Å². The van der Waals surface area contributed by atoms with E-state index in [1.54, 1.807) is 0 Å². The molecule has 0 spiro atoms. The van der Waals surface area contributed by atoms with Crippen LogP contribution in [0.3, 0.4) is 0 Å². The molecule has 0 amide bonds. The van der Waals surface area contributed by atoms with Crippen LogP contribution in [0.4, 0.5) is 22.0 Å². The molecule has 104 valence electrons. The van der Waals surface area contributed by atoms with Crippen LogP contribution in [0.2, 0.25) is 0 Å². The maximum Gasteiger partial charge on any atom is 0.416 e. The SMILES string of the molecule is O=C(F)c1ccc(-c2ccc(C(F)(F)F)cc2)c(F)c1. The summed E-state index contributed by atoms with van der Waals surface area (Å²) in [6.07, 6.45) is -4.47. The summed E-state index contributed by atoms with van der Waals surface area (Å²) in [5.41, 5.74) is -1.10. The average Bonchev–Trinajstić information content (AvgIpc) is 2.37. The molecule has 0 aliphatic carbocycles. The van der Waals surface area contributed by atoms with Crippen LogP contribution in [0.5, 0.6) is 0 Å². The Morgan fingerprint density at radius 3 is 2.00 bits per heavy atom. The van der Waals surface area contributed by atoms with Gasteiger partial charge in [-0.2, -0.15) is 17.6 Å². The van der Waals surface area contributed by atoms with Crippen molar-refractivity contribution >= 4 is 6.04 Å². The third-order valence-corrected chi connectivity index (χ3v) is 2.72. The zero-order valence-corrected chi connectivity index (χ0v) is 9.84. The fourth-order valence-corrected chi connectivity index (χ4v) is 1.71. The van der Waals surface area contributed by atoms with Crippen LogP contribution in [0, 0.1) is 5.82 Å². The standard InChI is InChI=1S/C14H7F5O/c15-12-7-9(13(16)20)3-6-11(12)8-1-4-10(5-2-8)14(17,18)19/h1-7H. The summed E-state index contributed by atoms with van der Waals surface area (Å²) in [5, 5.41) is 0. The summed E-state index contributed by atoms with van der Waals surface area (Å²) in [7, 11) is 0. The van der Waals surface area contributed by atoms with Gasteiger partial charge in [-0.1, -0.05) is 18.2 Å². The Labute approximate surface area is 110 Å². The third-order valence-electron chi connectivity index (χ3n) is 2.72. The van der Waals surface area contributed by atoms with Crippen molar-refractivity contribution in [1.29, 1.82) is 0 Å². The Hall–Kier alpha value is -2.24. The lowest BCUT2D eigenvalue weighted by molar-refractivity contribution is -0.137. The van der Waals surface area contributed by atoms with Crippen LogP contribution in [-0.2, 0) is 6.18 Å². The number of carbonyl (C=O) groups is 1. The van der Waals surface area contributed by atoms with Crippen molar-refractivity contribution in [1.82, 2.24) is 0 Å². The predicted molar refractivity (Wildman–Crippen MR) is 62.3 cm³/mol. The van der Waals surface area contributed by atoms with Crippen LogP contribution in [-0.4, -0.2) is 6.04 Å². The summed E-state index contributed by atoms with van der Waals surface area (Å²) in [4.78, 5) is 10.4. The average molecular weight is 286 g/mol. The molecule has 0 unspecified atom stereocenters. The highest BCUT2D eigenvalue weighted by Gasteiger charge is 2.30. The largest absolute Gasteiger partial charge is 0.416 e. The molecule has 0 aromatic heterocycles. The molecule has 0 bridgehead atoms. The minimum Gasteiger partial charge on any atom is -0.255 e. The van der Waals surface area contributed by atoms with Gasteiger partial charge < -0.3 is 0 Å². The number of alkyl halides is 3. The van der Waals surface area contributed by atoms with Gasteiger partial charge in [0.25, 0.3) is 0 Å². The van der Waals surface area contributed by atoms with Crippen molar-refractivity contribution in [2.45, 2.75) is 6.18 Å². The van der Waals surface area contributed by atoms with Gasteiger partial charge in [0.05, 0.1) is 11.1 Å². The van der Waals surface area contributed by atoms with E-state index in [4.69, 9.17) is 0 Å². The monoisotopic (exact) mass is 286 g/mol. The quantitative estimate of drug-likeness (QED) is 0.581. The maximum atomic E-state index is 13.7. The highest BCUT2D eigenvalue weighted by atomic mass is 19.4. The van der Waals surface area contributed by atoms with Gasteiger partial charge in [-0.05, 0) is 29.8 Å².